The summed E-state index contributed by atoms with van der Waals surface area (Å²) in [5, 5.41) is 4.86. The van der Waals surface area contributed by atoms with Crippen LogP contribution in [0.3, 0.4) is 0 Å². The molecule has 1 unspecified atom stereocenters. The molecule has 1 aliphatic rings. The average Bonchev–Trinajstić information content (AvgIpc) is 2.87. The highest BCUT2D eigenvalue weighted by Crippen LogP contribution is 2.30. The molecule has 1 aliphatic heterocycles. The van der Waals surface area contributed by atoms with Gasteiger partial charge in [0.15, 0.2) is 0 Å². The highest BCUT2D eigenvalue weighted by atomic mass is 32.2. The van der Waals surface area contributed by atoms with Crippen LogP contribution in [-0.2, 0) is 16.6 Å². The number of rotatable bonds is 4. The normalized spacial score (nSPS) is 22.1. The van der Waals surface area contributed by atoms with E-state index in [-0.39, 0.29) is 6.04 Å². The van der Waals surface area contributed by atoms with Crippen LogP contribution in [0.2, 0.25) is 0 Å². The molecule has 17 heavy (non-hydrogen) atoms. The van der Waals surface area contributed by atoms with Crippen molar-refractivity contribution < 1.29 is 8.42 Å². The van der Waals surface area contributed by atoms with E-state index in [1.807, 2.05) is 19.4 Å². The lowest BCUT2D eigenvalue weighted by atomic mass is 10.3. The molecule has 0 bridgehead atoms. The Bertz CT molecular complexity index is 481. The van der Waals surface area contributed by atoms with Gasteiger partial charge in [0.1, 0.15) is 0 Å². The standard InChI is InChI=1S/C11H18N2O2S2/c1-9-4-3-6-13(9)17(14,15)11-5-7-16-10(11)8-12-2/h5,7,9,12H,3-4,6,8H2,1-2H3. The Morgan fingerprint density at radius 1 is 1.59 bits per heavy atom. The van der Waals surface area contributed by atoms with Gasteiger partial charge in [-0.1, -0.05) is 0 Å². The minimum absolute atomic E-state index is 0.127. The quantitative estimate of drug-likeness (QED) is 0.908. The zero-order valence-electron chi connectivity index (χ0n) is 10.1. The highest BCUT2D eigenvalue weighted by molar-refractivity contribution is 7.89. The fourth-order valence-corrected chi connectivity index (χ4v) is 5.37. The third kappa shape index (κ3) is 2.40. The number of nitrogens with one attached hydrogen (secondary N) is 1. The van der Waals surface area contributed by atoms with Gasteiger partial charge in [0.05, 0.1) is 4.90 Å². The molecule has 1 saturated heterocycles. The van der Waals surface area contributed by atoms with Crippen LogP contribution in [0.25, 0.3) is 0 Å². The van der Waals surface area contributed by atoms with E-state index in [4.69, 9.17) is 0 Å². The molecule has 1 fully saturated rings. The smallest absolute Gasteiger partial charge is 0.244 e. The van der Waals surface area contributed by atoms with Crippen LogP contribution in [0.4, 0.5) is 0 Å². The Morgan fingerprint density at radius 2 is 2.35 bits per heavy atom. The number of thiophene rings is 1. The molecule has 1 N–H and O–H groups in total. The molecular weight excluding hydrogens is 256 g/mol. The van der Waals surface area contributed by atoms with Crippen LogP contribution in [0, 0.1) is 0 Å². The molecule has 96 valence electrons. The summed E-state index contributed by atoms with van der Waals surface area (Å²) in [5.41, 5.74) is 0. The first-order valence-corrected chi connectivity index (χ1v) is 8.12. The van der Waals surface area contributed by atoms with Gasteiger partial charge in [0, 0.05) is 24.0 Å². The Morgan fingerprint density at radius 3 is 2.94 bits per heavy atom. The van der Waals surface area contributed by atoms with Crippen LogP contribution in [-0.4, -0.2) is 32.4 Å². The summed E-state index contributed by atoms with van der Waals surface area (Å²) in [6, 6.07) is 1.85. The minimum Gasteiger partial charge on any atom is -0.315 e. The molecule has 1 aromatic rings. The van der Waals surface area contributed by atoms with Gasteiger partial charge in [0.2, 0.25) is 10.0 Å². The summed E-state index contributed by atoms with van der Waals surface area (Å²) in [5.74, 6) is 0. The van der Waals surface area contributed by atoms with Gasteiger partial charge in [-0.2, -0.15) is 4.31 Å². The molecule has 1 aromatic heterocycles. The monoisotopic (exact) mass is 274 g/mol. The first-order valence-electron chi connectivity index (χ1n) is 5.80. The zero-order chi connectivity index (χ0) is 12.5. The Kier molecular flexibility index (Phi) is 3.87. The fourth-order valence-electron chi connectivity index (χ4n) is 2.24. The molecule has 1 atom stereocenters. The van der Waals surface area contributed by atoms with Crippen LogP contribution < -0.4 is 5.32 Å². The summed E-state index contributed by atoms with van der Waals surface area (Å²) in [4.78, 5) is 1.37. The largest absolute Gasteiger partial charge is 0.315 e. The molecule has 0 radical (unpaired) electrons. The van der Waals surface area contributed by atoms with E-state index < -0.39 is 10.0 Å². The Hall–Kier alpha value is -0.430. The number of sulfonamides is 1. The minimum atomic E-state index is -3.29. The van der Waals surface area contributed by atoms with Crippen molar-refractivity contribution in [3.05, 3.63) is 16.3 Å². The summed E-state index contributed by atoms with van der Waals surface area (Å²) in [6.45, 7) is 3.24. The Labute approximate surface area is 107 Å². The van der Waals surface area contributed by atoms with Crippen molar-refractivity contribution in [1.82, 2.24) is 9.62 Å². The van der Waals surface area contributed by atoms with Gasteiger partial charge in [0.25, 0.3) is 0 Å². The topological polar surface area (TPSA) is 49.4 Å². The molecule has 0 aliphatic carbocycles. The maximum Gasteiger partial charge on any atom is 0.244 e. The molecule has 0 spiro atoms. The molecule has 2 heterocycles. The van der Waals surface area contributed by atoms with E-state index in [9.17, 15) is 8.42 Å². The van der Waals surface area contributed by atoms with Gasteiger partial charge < -0.3 is 5.32 Å². The van der Waals surface area contributed by atoms with E-state index >= 15 is 0 Å². The molecular formula is C11H18N2O2S2. The van der Waals surface area contributed by atoms with E-state index in [0.717, 1.165) is 17.7 Å². The van der Waals surface area contributed by atoms with Crippen molar-refractivity contribution >= 4 is 21.4 Å². The second kappa shape index (κ2) is 5.06. The number of hydrogen-bond donors (Lipinski definition) is 1. The lowest BCUT2D eigenvalue weighted by Crippen LogP contribution is -2.34. The third-order valence-electron chi connectivity index (χ3n) is 3.12. The average molecular weight is 274 g/mol. The van der Waals surface area contributed by atoms with Crippen molar-refractivity contribution in [1.29, 1.82) is 0 Å². The predicted octanol–water partition coefficient (Wildman–Crippen LogP) is 1.64. The highest BCUT2D eigenvalue weighted by Gasteiger charge is 2.34. The summed E-state index contributed by atoms with van der Waals surface area (Å²) in [6.07, 6.45) is 1.93. The van der Waals surface area contributed by atoms with E-state index in [0.29, 0.717) is 18.0 Å². The van der Waals surface area contributed by atoms with E-state index in [1.165, 1.54) is 11.3 Å². The summed E-state index contributed by atoms with van der Waals surface area (Å²) in [7, 11) is -1.47. The van der Waals surface area contributed by atoms with Crippen LogP contribution >= 0.6 is 11.3 Å². The van der Waals surface area contributed by atoms with Gasteiger partial charge >= 0.3 is 0 Å². The molecule has 2 rings (SSSR count). The van der Waals surface area contributed by atoms with Crippen molar-refractivity contribution in [2.45, 2.75) is 37.2 Å². The van der Waals surface area contributed by atoms with Crippen molar-refractivity contribution in [2.24, 2.45) is 0 Å². The van der Waals surface area contributed by atoms with Gasteiger partial charge in [-0.3, -0.25) is 0 Å². The first-order chi connectivity index (χ1) is 8.07. The molecule has 0 aromatic carbocycles. The van der Waals surface area contributed by atoms with Crippen LogP contribution in [0.15, 0.2) is 16.3 Å². The fraction of sp³-hybridized carbons (Fsp3) is 0.636. The number of hydrogen-bond acceptors (Lipinski definition) is 4. The predicted molar refractivity (Wildman–Crippen MR) is 69.7 cm³/mol. The molecule has 0 amide bonds. The zero-order valence-corrected chi connectivity index (χ0v) is 11.8. The van der Waals surface area contributed by atoms with Gasteiger partial charge in [-0.05, 0) is 38.3 Å². The summed E-state index contributed by atoms with van der Waals surface area (Å²) < 4.78 is 26.6. The lowest BCUT2D eigenvalue weighted by molar-refractivity contribution is 0.408. The van der Waals surface area contributed by atoms with E-state index in [2.05, 4.69) is 5.32 Å². The molecule has 6 heteroatoms. The second-order valence-corrected chi connectivity index (χ2v) is 7.21. The lowest BCUT2D eigenvalue weighted by Gasteiger charge is -2.21. The van der Waals surface area contributed by atoms with Crippen molar-refractivity contribution in [3.63, 3.8) is 0 Å². The second-order valence-electron chi connectivity index (χ2n) is 4.35. The maximum atomic E-state index is 12.5. The van der Waals surface area contributed by atoms with Gasteiger partial charge in [-0.25, -0.2) is 8.42 Å². The van der Waals surface area contributed by atoms with Crippen LogP contribution in [0.1, 0.15) is 24.6 Å². The first kappa shape index (κ1) is 13.0. The van der Waals surface area contributed by atoms with Crippen LogP contribution in [0.5, 0.6) is 0 Å². The molecule has 0 saturated carbocycles. The molecule has 4 nitrogen and oxygen atoms in total. The Balaban J connectivity index is 2.34. The SMILES string of the molecule is CNCc1sccc1S(=O)(=O)N1CCCC1C. The van der Waals surface area contributed by atoms with Crippen molar-refractivity contribution in [3.8, 4) is 0 Å². The maximum absolute atomic E-state index is 12.5. The van der Waals surface area contributed by atoms with E-state index in [1.54, 1.807) is 10.4 Å². The van der Waals surface area contributed by atoms with Crippen molar-refractivity contribution in [2.75, 3.05) is 13.6 Å². The van der Waals surface area contributed by atoms with Gasteiger partial charge in [-0.15, -0.1) is 11.3 Å². The summed E-state index contributed by atoms with van der Waals surface area (Å²) >= 11 is 1.49. The third-order valence-corrected chi connectivity index (χ3v) is 6.27. The number of nitrogens with zero attached hydrogens (tertiary/aromatic N) is 1.